The zero-order chi connectivity index (χ0) is 29.5. The van der Waals surface area contributed by atoms with Crippen LogP contribution >= 0.6 is 0 Å². The fourth-order valence-corrected chi connectivity index (χ4v) is 7.34. The molecule has 44 heavy (non-hydrogen) atoms. The Morgan fingerprint density at radius 3 is 1.32 bits per heavy atom. The van der Waals surface area contributed by atoms with Gasteiger partial charge in [0, 0.05) is 0 Å². The Kier molecular flexibility index (Phi) is 6.35. The summed E-state index contributed by atoms with van der Waals surface area (Å²) in [6, 6.07) is 64.4. The van der Waals surface area contributed by atoms with Crippen molar-refractivity contribution in [3.63, 3.8) is 0 Å². The lowest BCUT2D eigenvalue weighted by molar-refractivity contribution is 0.767. The third-order valence-electron chi connectivity index (χ3n) is 9.32. The highest BCUT2D eigenvalue weighted by Crippen LogP contribution is 2.57. The number of hydrogen-bond donors (Lipinski definition) is 0. The molecule has 1 aliphatic carbocycles. The molecule has 0 amide bonds. The average Bonchev–Trinajstić information content (AvgIpc) is 3.39. The predicted molar refractivity (Wildman–Crippen MR) is 185 cm³/mol. The topological polar surface area (TPSA) is 0 Å². The van der Waals surface area contributed by atoms with Gasteiger partial charge in [0.2, 0.25) is 0 Å². The first-order valence-electron chi connectivity index (χ1n) is 15.4. The van der Waals surface area contributed by atoms with Crippen LogP contribution in [0.1, 0.15) is 27.8 Å². The fraction of sp³-hybridized carbons (Fsp3) is 0.0455. The van der Waals surface area contributed by atoms with E-state index in [1.165, 1.54) is 72.3 Å². The van der Waals surface area contributed by atoms with Crippen LogP contribution in [0.25, 0.3) is 44.5 Å². The Hall–Kier alpha value is -5.46. The van der Waals surface area contributed by atoms with Gasteiger partial charge in [0.25, 0.3) is 0 Å². The van der Waals surface area contributed by atoms with Gasteiger partial charge in [-0.3, -0.25) is 0 Å². The van der Waals surface area contributed by atoms with E-state index in [2.05, 4.69) is 183 Å². The van der Waals surface area contributed by atoms with E-state index in [1.54, 1.807) is 0 Å². The summed E-state index contributed by atoms with van der Waals surface area (Å²) in [6.45, 7) is 2.26. The zero-order valence-electron chi connectivity index (χ0n) is 24.7. The summed E-state index contributed by atoms with van der Waals surface area (Å²) < 4.78 is 0. The lowest BCUT2D eigenvalue weighted by Crippen LogP contribution is -2.28. The SMILES string of the molecule is Cc1cc2c(cc1-c1ccc(-c3ccccc3-c3ccccc3)cc1)-c1ccccc1C2(c1ccccc1)c1ccccc1. The highest BCUT2D eigenvalue weighted by Gasteiger charge is 2.46. The lowest BCUT2D eigenvalue weighted by atomic mass is 9.67. The molecule has 0 fully saturated rings. The third kappa shape index (κ3) is 4.07. The Labute approximate surface area is 259 Å². The van der Waals surface area contributed by atoms with E-state index < -0.39 is 0 Å². The van der Waals surface area contributed by atoms with Crippen molar-refractivity contribution < 1.29 is 0 Å². The molecule has 0 atom stereocenters. The highest BCUT2D eigenvalue weighted by molar-refractivity contribution is 5.90. The van der Waals surface area contributed by atoms with Gasteiger partial charge in [0.15, 0.2) is 0 Å². The number of fused-ring (bicyclic) bond motifs is 3. The Morgan fingerprint density at radius 2 is 0.750 bits per heavy atom. The van der Waals surface area contributed by atoms with E-state index in [9.17, 15) is 0 Å². The maximum atomic E-state index is 2.45. The van der Waals surface area contributed by atoms with Gasteiger partial charge in [-0.05, 0) is 85.3 Å². The molecule has 0 unspecified atom stereocenters. The first kappa shape index (κ1) is 26.2. The minimum Gasteiger partial charge on any atom is -0.0622 e. The molecule has 208 valence electrons. The van der Waals surface area contributed by atoms with Crippen molar-refractivity contribution >= 4 is 0 Å². The van der Waals surface area contributed by atoms with Crippen molar-refractivity contribution in [1.82, 2.24) is 0 Å². The molecular weight excluding hydrogens is 528 g/mol. The molecule has 8 rings (SSSR count). The molecule has 0 nitrogen and oxygen atoms in total. The van der Waals surface area contributed by atoms with Gasteiger partial charge in [-0.15, -0.1) is 0 Å². The molecule has 7 aromatic rings. The van der Waals surface area contributed by atoms with Gasteiger partial charge in [-0.25, -0.2) is 0 Å². The van der Waals surface area contributed by atoms with Crippen LogP contribution in [0.15, 0.2) is 176 Å². The summed E-state index contributed by atoms with van der Waals surface area (Å²) in [5.74, 6) is 0. The van der Waals surface area contributed by atoms with Crippen LogP contribution in [0, 0.1) is 6.92 Å². The summed E-state index contributed by atoms with van der Waals surface area (Å²) in [6.07, 6.45) is 0. The second-order valence-electron chi connectivity index (χ2n) is 11.7. The summed E-state index contributed by atoms with van der Waals surface area (Å²) in [4.78, 5) is 0. The molecule has 0 spiro atoms. The van der Waals surface area contributed by atoms with Crippen molar-refractivity contribution in [2.24, 2.45) is 0 Å². The molecule has 0 saturated carbocycles. The van der Waals surface area contributed by atoms with E-state index in [-0.39, 0.29) is 5.41 Å². The minimum atomic E-state index is -0.372. The van der Waals surface area contributed by atoms with E-state index >= 15 is 0 Å². The molecule has 0 heterocycles. The molecule has 1 aliphatic rings. The van der Waals surface area contributed by atoms with Crippen LogP contribution < -0.4 is 0 Å². The number of aryl methyl sites for hydroxylation is 1. The molecule has 0 radical (unpaired) electrons. The van der Waals surface area contributed by atoms with Crippen LogP contribution in [0.2, 0.25) is 0 Å². The van der Waals surface area contributed by atoms with Gasteiger partial charge < -0.3 is 0 Å². The maximum absolute atomic E-state index is 2.45. The average molecular weight is 561 g/mol. The monoisotopic (exact) mass is 560 g/mol. The largest absolute Gasteiger partial charge is 0.0713 e. The molecule has 0 saturated heterocycles. The van der Waals surface area contributed by atoms with Gasteiger partial charge in [0.1, 0.15) is 0 Å². The zero-order valence-corrected chi connectivity index (χ0v) is 24.7. The Balaban J connectivity index is 1.28. The second kappa shape index (κ2) is 10.7. The van der Waals surface area contributed by atoms with Crippen LogP contribution in [-0.2, 0) is 5.41 Å². The predicted octanol–water partition coefficient (Wildman–Crippen LogP) is 11.4. The number of rotatable bonds is 5. The van der Waals surface area contributed by atoms with E-state index in [1.807, 2.05) is 0 Å². The van der Waals surface area contributed by atoms with Crippen LogP contribution in [0.5, 0.6) is 0 Å². The standard InChI is InChI=1S/C44H32/c1-31-29-43-41(39-23-13-14-24-42(39)44(43,35-17-7-3-8-18-35)36-19-9-4-10-20-36)30-40(31)34-27-25-33(26-28-34)38-22-12-11-21-37(38)32-15-5-2-6-16-32/h2-30H,1H3. The summed E-state index contributed by atoms with van der Waals surface area (Å²) >= 11 is 0. The maximum Gasteiger partial charge on any atom is 0.0713 e. The van der Waals surface area contributed by atoms with Crippen LogP contribution in [-0.4, -0.2) is 0 Å². The summed E-state index contributed by atoms with van der Waals surface area (Å²) in [7, 11) is 0. The third-order valence-corrected chi connectivity index (χ3v) is 9.32. The van der Waals surface area contributed by atoms with Crippen molar-refractivity contribution in [3.05, 3.63) is 204 Å². The first-order chi connectivity index (χ1) is 21.7. The summed E-state index contributed by atoms with van der Waals surface area (Å²) in [5, 5.41) is 0. The summed E-state index contributed by atoms with van der Waals surface area (Å²) in [5.41, 5.74) is 16.3. The van der Waals surface area contributed by atoms with Gasteiger partial charge in [0.05, 0.1) is 5.41 Å². The van der Waals surface area contributed by atoms with Crippen molar-refractivity contribution in [2.75, 3.05) is 0 Å². The van der Waals surface area contributed by atoms with Crippen LogP contribution in [0.3, 0.4) is 0 Å². The van der Waals surface area contributed by atoms with Crippen LogP contribution in [0.4, 0.5) is 0 Å². The molecular formula is C44H32. The van der Waals surface area contributed by atoms with Crippen molar-refractivity contribution in [1.29, 1.82) is 0 Å². The normalized spacial score (nSPS) is 12.8. The Morgan fingerprint density at radius 1 is 0.318 bits per heavy atom. The number of benzene rings is 7. The fourth-order valence-electron chi connectivity index (χ4n) is 7.34. The van der Waals surface area contributed by atoms with Gasteiger partial charge >= 0.3 is 0 Å². The lowest BCUT2D eigenvalue weighted by Gasteiger charge is -2.34. The molecule has 7 aromatic carbocycles. The smallest absolute Gasteiger partial charge is 0.0622 e. The second-order valence-corrected chi connectivity index (χ2v) is 11.7. The van der Waals surface area contributed by atoms with E-state index in [0.717, 1.165) is 0 Å². The van der Waals surface area contributed by atoms with E-state index in [0.29, 0.717) is 0 Å². The first-order valence-corrected chi connectivity index (χ1v) is 15.4. The van der Waals surface area contributed by atoms with Gasteiger partial charge in [-0.1, -0.05) is 170 Å². The molecule has 0 heteroatoms. The molecule has 0 bridgehead atoms. The van der Waals surface area contributed by atoms with Crippen molar-refractivity contribution in [3.8, 4) is 44.5 Å². The highest BCUT2D eigenvalue weighted by atomic mass is 14.5. The minimum absolute atomic E-state index is 0.372. The Bertz CT molecular complexity index is 2050. The molecule has 0 aromatic heterocycles. The van der Waals surface area contributed by atoms with Gasteiger partial charge in [-0.2, -0.15) is 0 Å². The quantitative estimate of drug-likeness (QED) is 0.196. The van der Waals surface area contributed by atoms with E-state index in [4.69, 9.17) is 0 Å². The molecule has 0 N–H and O–H groups in total. The van der Waals surface area contributed by atoms with Crippen molar-refractivity contribution in [2.45, 2.75) is 12.3 Å². The molecule has 0 aliphatic heterocycles. The number of hydrogen-bond acceptors (Lipinski definition) is 0.